The van der Waals surface area contributed by atoms with Gasteiger partial charge in [-0.15, -0.1) is 0 Å². The van der Waals surface area contributed by atoms with Crippen LogP contribution in [-0.2, 0) is 4.79 Å². The van der Waals surface area contributed by atoms with Crippen molar-refractivity contribution in [2.24, 2.45) is 0 Å². The Morgan fingerprint density at radius 2 is 1.95 bits per heavy atom. The first kappa shape index (κ1) is 16.1. The number of nitrogens with one attached hydrogen (secondary N) is 1. The summed E-state index contributed by atoms with van der Waals surface area (Å²) in [6.45, 7) is 2.46. The van der Waals surface area contributed by atoms with Crippen LogP contribution < -0.4 is 5.32 Å². The van der Waals surface area contributed by atoms with Gasteiger partial charge in [-0.3, -0.25) is 4.79 Å². The van der Waals surface area contributed by atoms with Crippen molar-refractivity contribution in [2.75, 3.05) is 19.6 Å². The van der Waals surface area contributed by atoms with Gasteiger partial charge in [0, 0.05) is 19.1 Å². The molecule has 112 valence electrons. The minimum atomic E-state index is -5.85. The van der Waals surface area contributed by atoms with Gasteiger partial charge in [-0.2, -0.15) is 22.0 Å². The summed E-state index contributed by atoms with van der Waals surface area (Å²) >= 11 is 0. The molecule has 0 radical (unpaired) electrons. The molecule has 1 unspecified atom stereocenters. The molecule has 1 aliphatic heterocycles. The Kier molecular flexibility index (Phi) is 5.11. The molecule has 1 amide bonds. The maximum Gasteiger partial charge on any atom is 0.463 e. The second kappa shape index (κ2) is 6.02. The van der Waals surface area contributed by atoms with Gasteiger partial charge in [0.1, 0.15) is 0 Å². The molecule has 1 saturated heterocycles. The molecule has 0 saturated carbocycles. The van der Waals surface area contributed by atoms with Crippen LogP contribution in [-0.4, -0.2) is 48.6 Å². The Morgan fingerprint density at radius 3 is 2.37 bits per heavy atom. The summed E-state index contributed by atoms with van der Waals surface area (Å²) in [5.41, 5.74) is 0. The molecule has 1 heterocycles. The highest BCUT2D eigenvalue weighted by Crippen LogP contribution is 2.37. The summed E-state index contributed by atoms with van der Waals surface area (Å²) in [4.78, 5) is 12.2. The maximum absolute atomic E-state index is 13.1. The van der Waals surface area contributed by atoms with Crippen LogP contribution in [0.5, 0.6) is 0 Å². The van der Waals surface area contributed by atoms with Gasteiger partial charge in [0.05, 0.1) is 0 Å². The van der Waals surface area contributed by atoms with Crippen molar-refractivity contribution in [3.8, 4) is 0 Å². The van der Waals surface area contributed by atoms with Crippen LogP contribution in [0.3, 0.4) is 0 Å². The molecule has 0 spiro atoms. The number of hydrogen-bond donors (Lipinski definition) is 1. The summed E-state index contributed by atoms with van der Waals surface area (Å²) in [5.74, 6) is -7.46. The molecule has 1 rings (SSSR count). The van der Waals surface area contributed by atoms with Crippen LogP contribution in [0.4, 0.5) is 22.0 Å². The van der Waals surface area contributed by atoms with Crippen molar-refractivity contribution in [3.63, 3.8) is 0 Å². The number of nitrogens with zero attached hydrogens (tertiary/aromatic N) is 1. The average molecular weight is 288 g/mol. The Hall–Kier alpha value is -0.920. The second-order valence-corrected chi connectivity index (χ2v) is 4.57. The Bertz CT molecular complexity index is 313. The highest BCUT2D eigenvalue weighted by Gasteiger charge is 2.65. The fourth-order valence-electron chi connectivity index (χ4n) is 2.09. The number of halogens is 5. The van der Waals surface area contributed by atoms with Crippen LogP contribution in [0.15, 0.2) is 0 Å². The van der Waals surface area contributed by atoms with Crippen LogP contribution in [0.25, 0.3) is 0 Å². The van der Waals surface area contributed by atoms with Crippen molar-refractivity contribution in [3.05, 3.63) is 0 Å². The van der Waals surface area contributed by atoms with Crippen molar-refractivity contribution in [1.29, 1.82) is 0 Å². The van der Waals surface area contributed by atoms with E-state index in [2.05, 4.69) is 5.32 Å². The average Bonchev–Trinajstić information content (AvgIpc) is 2.34. The number of carbonyl (C=O) groups is 1. The number of hydrogen-bond acceptors (Lipinski definition) is 2. The molecule has 0 aliphatic carbocycles. The van der Waals surface area contributed by atoms with Crippen LogP contribution in [0.2, 0.25) is 0 Å². The molecule has 1 N–H and O–H groups in total. The largest absolute Gasteiger partial charge is 0.463 e. The smallest absolute Gasteiger partial charge is 0.333 e. The van der Waals surface area contributed by atoms with Gasteiger partial charge in [0.15, 0.2) is 0 Å². The Balaban J connectivity index is 2.88. The van der Waals surface area contributed by atoms with E-state index in [4.69, 9.17) is 0 Å². The van der Waals surface area contributed by atoms with Gasteiger partial charge in [-0.1, -0.05) is 6.92 Å². The van der Waals surface area contributed by atoms with Gasteiger partial charge >= 0.3 is 18.0 Å². The summed E-state index contributed by atoms with van der Waals surface area (Å²) in [5, 5.41) is 2.90. The molecule has 3 nitrogen and oxygen atoms in total. The highest BCUT2D eigenvalue weighted by molar-refractivity contribution is 5.84. The van der Waals surface area contributed by atoms with Crippen molar-refractivity contribution in [1.82, 2.24) is 10.2 Å². The minimum Gasteiger partial charge on any atom is -0.333 e. The zero-order chi connectivity index (χ0) is 14.7. The predicted octanol–water partition coefficient (Wildman–Crippen LogP) is 2.17. The van der Waals surface area contributed by atoms with Gasteiger partial charge in [0.2, 0.25) is 0 Å². The van der Waals surface area contributed by atoms with Gasteiger partial charge in [0.25, 0.3) is 0 Å². The summed E-state index contributed by atoms with van der Waals surface area (Å²) in [7, 11) is 0. The molecular formula is C11H17F5N2O. The Morgan fingerprint density at radius 1 is 1.32 bits per heavy atom. The molecule has 1 aliphatic rings. The van der Waals surface area contributed by atoms with E-state index in [0.717, 1.165) is 0 Å². The second-order valence-electron chi connectivity index (χ2n) is 4.57. The number of rotatable bonds is 4. The van der Waals surface area contributed by atoms with Crippen molar-refractivity contribution < 1.29 is 26.7 Å². The zero-order valence-electron chi connectivity index (χ0n) is 10.6. The number of carbonyl (C=O) groups excluding carboxylic acids is 1. The first-order chi connectivity index (χ1) is 8.71. The molecule has 0 aromatic rings. The summed E-state index contributed by atoms with van der Waals surface area (Å²) < 4.78 is 62.9. The molecule has 1 atom stereocenters. The molecule has 1 fully saturated rings. The van der Waals surface area contributed by atoms with E-state index in [1.165, 1.54) is 0 Å². The predicted molar refractivity (Wildman–Crippen MR) is 58.9 cm³/mol. The standard InChI is InChI=1S/C11H17F5N2O/c1-2-6-18(8-4-3-5-17-7-8)9(19)10(12,13)11(14,15)16/h8,17H,2-7H2,1H3. The first-order valence-corrected chi connectivity index (χ1v) is 6.18. The SMILES string of the molecule is CCCN(C(=O)C(F)(F)C(F)(F)F)C1CCCNC1. The number of amides is 1. The first-order valence-electron chi connectivity index (χ1n) is 6.18. The fraction of sp³-hybridized carbons (Fsp3) is 0.909. The lowest BCUT2D eigenvalue weighted by atomic mass is 10.0. The molecular weight excluding hydrogens is 271 g/mol. The summed E-state index contributed by atoms with van der Waals surface area (Å²) in [6.07, 6.45) is -4.43. The fourth-order valence-corrected chi connectivity index (χ4v) is 2.09. The minimum absolute atomic E-state index is 0.100. The van der Waals surface area contributed by atoms with Crippen molar-refractivity contribution in [2.45, 2.75) is 44.3 Å². The van der Waals surface area contributed by atoms with E-state index in [-0.39, 0.29) is 13.1 Å². The van der Waals surface area contributed by atoms with Gasteiger partial charge in [-0.25, -0.2) is 0 Å². The van der Waals surface area contributed by atoms with E-state index in [1.54, 1.807) is 6.92 Å². The quantitative estimate of drug-likeness (QED) is 0.804. The lowest BCUT2D eigenvalue weighted by Gasteiger charge is -2.36. The molecule has 0 aromatic heterocycles. The van der Waals surface area contributed by atoms with Crippen LogP contribution in [0.1, 0.15) is 26.2 Å². The van der Waals surface area contributed by atoms with Crippen LogP contribution in [0, 0.1) is 0 Å². The monoisotopic (exact) mass is 288 g/mol. The molecule has 8 heteroatoms. The van der Waals surface area contributed by atoms with Crippen molar-refractivity contribution >= 4 is 5.91 Å². The third-order valence-corrected chi connectivity index (χ3v) is 3.06. The van der Waals surface area contributed by atoms with E-state index >= 15 is 0 Å². The maximum atomic E-state index is 13.1. The Labute approximate surface area is 108 Å². The topological polar surface area (TPSA) is 32.3 Å². The molecule has 19 heavy (non-hydrogen) atoms. The normalized spacial score (nSPS) is 21.3. The lowest BCUT2D eigenvalue weighted by molar-refractivity contribution is -0.275. The van der Waals surface area contributed by atoms with Crippen LogP contribution >= 0.6 is 0 Å². The number of piperidine rings is 1. The highest BCUT2D eigenvalue weighted by atomic mass is 19.4. The van der Waals surface area contributed by atoms with E-state index < -0.39 is 24.0 Å². The summed E-state index contributed by atoms with van der Waals surface area (Å²) in [6, 6.07) is -0.602. The van der Waals surface area contributed by atoms with Gasteiger partial charge < -0.3 is 10.2 Å². The number of alkyl halides is 5. The zero-order valence-corrected chi connectivity index (χ0v) is 10.6. The van der Waals surface area contributed by atoms with E-state index in [0.29, 0.717) is 30.7 Å². The van der Waals surface area contributed by atoms with E-state index in [1.807, 2.05) is 0 Å². The molecule has 0 aromatic carbocycles. The third-order valence-electron chi connectivity index (χ3n) is 3.06. The van der Waals surface area contributed by atoms with Gasteiger partial charge in [-0.05, 0) is 25.8 Å². The van der Waals surface area contributed by atoms with E-state index in [9.17, 15) is 26.7 Å². The molecule has 0 bridgehead atoms. The third kappa shape index (κ3) is 3.55. The lowest BCUT2D eigenvalue weighted by Crippen LogP contribution is -2.57.